The minimum atomic E-state index is -0.769. The third-order valence-corrected chi connectivity index (χ3v) is 4.23. The first-order valence-corrected chi connectivity index (χ1v) is 8.81. The number of carbonyl (C=O) groups is 1. The van der Waals surface area contributed by atoms with Crippen LogP contribution in [0.3, 0.4) is 0 Å². The minimum absolute atomic E-state index is 0.399. The molecule has 27 heavy (non-hydrogen) atoms. The van der Waals surface area contributed by atoms with Gasteiger partial charge in [-0.3, -0.25) is 4.68 Å². The molecule has 0 aliphatic heterocycles. The molecule has 2 atom stereocenters. The number of aliphatic hydroxyl groups is 1. The summed E-state index contributed by atoms with van der Waals surface area (Å²) < 4.78 is 7.21. The van der Waals surface area contributed by atoms with Gasteiger partial charge in [-0.25, -0.2) is 4.79 Å². The van der Waals surface area contributed by atoms with Gasteiger partial charge < -0.3 is 26.6 Å². The molecule has 0 spiro atoms. The van der Waals surface area contributed by atoms with E-state index in [2.05, 4.69) is 10.4 Å². The highest BCUT2D eigenvalue weighted by atomic mass is 16.5. The van der Waals surface area contributed by atoms with E-state index in [1.54, 1.807) is 17.1 Å². The van der Waals surface area contributed by atoms with Crippen LogP contribution in [0.5, 0.6) is 0 Å². The second-order valence-electron chi connectivity index (χ2n) is 6.15. The Labute approximate surface area is 158 Å². The van der Waals surface area contributed by atoms with Crippen LogP contribution in [0.25, 0.3) is 6.08 Å². The highest BCUT2D eigenvalue weighted by molar-refractivity contribution is 5.72. The Kier molecular flexibility index (Phi) is 7.84. The molecule has 146 valence electrons. The van der Waals surface area contributed by atoms with Crippen molar-refractivity contribution in [3.63, 3.8) is 0 Å². The van der Waals surface area contributed by atoms with Crippen molar-refractivity contribution in [3.8, 4) is 0 Å². The predicted octanol–water partition coefficient (Wildman–Crippen LogP) is 1.42. The maximum absolute atomic E-state index is 11.2. The fourth-order valence-corrected chi connectivity index (χ4v) is 2.82. The number of urea groups is 1. The molecule has 0 radical (unpaired) electrons. The van der Waals surface area contributed by atoms with Crippen molar-refractivity contribution in [3.05, 3.63) is 59.6 Å². The van der Waals surface area contributed by atoms with E-state index in [4.69, 9.17) is 16.2 Å². The normalized spacial score (nSPS) is 13.4. The molecule has 0 saturated heterocycles. The van der Waals surface area contributed by atoms with E-state index >= 15 is 0 Å². The second kappa shape index (κ2) is 10.3. The zero-order valence-electron chi connectivity index (χ0n) is 15.4. The molecular formula is C19H27N5O3. The van der Waals surface area contributed by atoms with Crippen molar-refractivity contribution in [1.82, 2.24) is 15.1 Å². The Morgan fingerprint density at radius 1 is 1.41 bits per heavy atom. The fraction of sp³-hybridized carbons (Fsp3) is 0.368. The summed E-state index contributed by atoms with van der Waals surface area (Å²) in [6, 6.07) is 8.02. The number of nitrogens with two attached hydrogens (primary N) is 2. The Morgan fingerprint density at radius 2 is 2.15 bits per heavy atom. The van der Waals surface area contributed by atoms with E-state index in [1.165, 1.54) is 0 Å². The number of aryl methyl sites for hydroxylation is 1. The smallest absolute Gasteiger partial charge is 0.312 e. The summed E-state index contributed by atoms with van der Waals surface area (Å²) in [5, 5.41) is 17.2. The van der Waals surface area contributed by atoms with Crippen molar-refractivity contribution >= 4 is 12.1 Å². The number of benzene rings is 1. The van der Waals surface area contributed by atoms with Crippen LogP contribution in [0.4, 0.5) is 4.79 Å². The summed E-state index contributed by atoms with van der Waals surface area (Å²) >= 11 is 0. The largest absolute Gasteiger partial charge is 0.501 e. The van der Waals surface area contributed by atoms with Crippen LogP contribution < -0.4 is 16.8 Å². The summed E-state index contributed by atoms with van der Waals surface area (Å²) in [6.45, 7) is 0.833. The number of primary amides is 1. The van der Waals surface area contributed by atoms with Crippen molar-refractivity contribution in [1.29, 1.82) is 0 Å². The van der Waals surface area contributed by atoms with E-state index in [1.807, 2.05) is 43.5 Å². The first-order valence-electron chi connectivity index (χ1n) is 8.81. The van der Waals surface area contributed by atoms with E-state index in [0.717, 1.165) is 16.8 Å². The molecular weight excluding hydrogens is 346 g/mol. The minimum Gasteiger partial charge on any atom is -0.501 e. The molecule has 2 amide bonds. The summed E-state index contributed by atoms with van der Waals surface area (Å²) in [5.41, 5.74) is 13.6. The number of amides is 2. The van der Waals surface area contributed by atoms with Crippen LogP contribution in [0, 0.1) is 0 Å². The molecule has 8 heteroatoms. The van der Waals surface area contributed by atoms with Gasteiger partial charge in [-0.1, -0.05) is 30.3 Å². The lowest BCUT2D eigenvalue weighted by Crippen LogP contribution is -2.39. The van der Waals surface area contributed by atoms with Crippen molar-refractivity contribution in [2.45, 2.75) is 31.5 Å². The number of aliphatic hydroxyl groups excluding tert-OH is 1. The van der Waals surface area contributed by atoms with Crippen LogP contribution in [-0.2, 0) is 18.3 Å². The maximum atomic E-state index is 11.2. The highest BCUT2D eigenvalue weighted by Gasteiger charge is 2.21. The molecule has 2 rings (SSSR count). The standard InChI is InChI=1S/C19H27N5O3/c1-24-16(12-20)15(13-22-24)9-11-27-10-5-8-17(25)18(23-19(21)26)14-6-3-2-4-7-14/h2-4,6-7,9,11,13,17-18,25H,5,8,10,12,20H2,1H3,(H3,21,23,26)/t17-,18-/m0/s1. The Hall–Kier alpha value is -2.84. The van der Waals surface area contributed by atoms with Crippen LogP contribution in [0.15, 0.2) is 42.8 Å². The molecule has 0 bridgehead atoms. The zero-order chi connectivity index (χ0) is 19.6. The molecule has 0 unspecified atom stereocenters. The van der Waals surface area contributed by atoms with Gasteiger partial charge in [0.25, 0.3) is 0 Å². The average molecular weight is 373 g/mol. The number of ether oxygens (including phenoxy) is 1. The molecule has 1 heterocycles. The number of carbonyl (C=O) groups excluding carboxylic acids is 1. The number of rotatable bonds is 10. The van der Waals surface area contributed by atoms with Gasteiger partial charge in [0.2, 0.25) is 0 Å². The molecule has 8 nitrogen and oxygen atoms in total. The molecule has 2 aromatic rings. The van der Waals surface area contributed by atoms with Gasteiger partial charge in [0.05, 0.1) is 36.9 Å². The summed E-state index contributed by atoms with van der Waals surface area (Å²) in [7, 11) is 1.84. The third kappa shape index (κ3) is 6.12. The van der Waals surface area contributed by atoms with Crippen LogP contribution in [0.2, 0.25) is 0 Å². The quantitative estimate of drug-likeness (QED) is 0.370. The fourth-order valence-electron chi connectivity index (χ4n) is 2.82. The van der Waals surface area contributed by atoms with Crippen LogP contribution in [0.1, 0.15) is 35.7 Å². The Balaban J connectivity index is 1.80. The van der Waals surface area contributed by atoms with Crippen LogP contribution >= 0.6 is 0 Å². The number of hydrogen-bond acceptors (Lipinski definition) is 5. The molecule has 1 aromatic heterocycles. The Bertz CT molecular complexity index is 745. The topological polar surface area (TPSA) is 128 Å². The lowest BCUT2D eigenvalue weighted by Gasteiger charge is -2.23. The highest BCUT2D eigenvalue weighted by Crippen LogP contribution is 2.20. The van der Waals surface area contributed by atoms with Gasteiger partial charge in [-0.05, 0) is 24.5 Å². The Morgan fingerprint density at radius 3 is 2.81 bits per heavy atom. The van der Waals surface area contributed by atoms with Gasteiger partial charge in [0.15, 0.2) is 0 Å². The van der Waals surface area contributed by atoms with Gasteiger partial charge in [-0.2, -0.15) is 5.10 Å². The summed E-state index contributed by atoms with van der Waals surface area (Å²) in [5.74, 6) is 0. The lowest BCUT2D eigenvalue weighted by molar-refractivity contribution is 0.110. The van der Waals surface area contributed by atoms with E-state index in [-0.39, 0.29) is 0 Å². The molecule has 0 fully saturated rings. The number of aromatic nitrogens is 2. The lowest BCUT2D eigenvalue weighted by atomic mass is 9.98. The second-order valence-corrected chi connectivity index (χ2v) is 6.15. The maximum Gasteiger partial charge on any atom is 0.312 e. The number of hydrogen-bond donors (Lipinski definition) is 4. The first-order chi connectivity index (χ1) is 13.0. The molecule has 0 saturated carbocycles. The predicted molar refractivity (Wildman–Crippen MR) is 103 cm³/mol. The SMILES string of the molecule is Cn1ncc(C=COCCC[C@H](O)[C@@H](NC(N)=O)c2ccccc2)c1CN. The van der Waals surface area contributed by atoms with Crippen molar-refractivity contribution in [2.75, 3.05) is 6.61 Å². The summed E-state index contributed by atoms with van der Waals surface area (Å²) in [4.78, 5) is 11.2. The molecule has 0 aliphatic carbocycles. The third-order valence-electron chi connectivity index (χ3n) is 4.23. The average Bonchev–Trinajstić information content (AvgIpc) is 3.02. The van der Waals surface area contributed by atoms with Crippen molar-refractivity contribution < 1.29 is 14.6 Å². The van der Waals surface area contributed by atoms with Gasteiger partial charge >= 0.3 is 6.03 Å². The van der Waals surface area contributed by atoms with E-state index in [0.29, 0.717) is 26.0 Å². The van der Waals surface area contributed by atoms with E-state index < -0.39 is 18.2 Å². The monoisotopic (exact) mass is 373 g/mol. The first kappa shape index (κ1) is 20.5. The zero-order valence-corrected chi connectivity index (χ0v) is 15.4. The van der Waals surface area contributed by atoms with Gasteiger partial charge in [0.1, 0.15) is 0 Å². The van der Waals surface area contributed by atoms with Crippen molar-refractivity contribution in [2.24, 2.45) is 18.5 Å². The molecule has 6 N–H and O–H groups in total. The van der Waals surface area contributed by atoms with Gasteiger partial charge in [-0.15, -0.1) is 0 Å². The van der Waals surface area contributed by atoms with Gasteiger partial charge in [0, 0.05) is 19.2 Å². The van der Waals surface area contributed by atoms with E-state index in [9.17, 15) is 9.90 Å². The molecule has 0 aliphatic rings. The number of nitrogens with zero attached hydrogens (tertiary/aromatic N) is 2. The summed E-state index contributed by atoms with van der Waals surface area (Å²) in [6.07, 6.45) is 5.44. The van der Waals surface area contributed by atoms with Crippen LogP contribution in [-0.4, -0.2) is 33.6 Å². The molecule has 1 aromatic carbocycles. The number of nitrogens with one attached hydrogen (secondary N) is 1.